The average molecular weight is 401 g/mol. The summed E-state index contributed by atoms with van der Waals surface area (Å²) in [6, 6.07) is 7.36. The van der Waals surface area contributed by atoms with Crippen LogP contribution in [-0.2, 0) is 9.53 Å². The number of anilines is 1. The van der Waals surface area contributed by atoms with E-state index >= 15 is 0 Å². The number of aryl methyl sites for hydroxylation is 1. The molecule has 0 unspecified atom stereocenters. The summed E-state index contributed by atoms with van der Waals surface area (Å²) in [7, 11) is 1.67. The van der Waals surface area contributed by atoms with Gasteiger partial charge in [0.25, 0.3) is 5.89 Å². The first kappa shape index (κ1) is 20.8. The fourth-order valence-electron chi connectivity index (χ4n) is 3.31. The van der Waals surface area contributed by atoms with Crippen molar-refractivity contribution in [2.75, 3.05) is 38.1 Å². The van der Waals surface area contributed by atoms with Crippen LogP contribution >= 0.6 is 0 Å². The van der Waals surface area contributed by atoms with Crippen LogP contribution in [0.4, 0.5) is 10.5 Å². The zero-order valence-electron chi connectivity index (χ0n) is 17.1. The van der Waals surface area contributed by atoms with Crippen molar-refractivity contribution in [2.45, 2.75) is 32.8 Å². The number of hydrogen-bond acceptors (Lipinski definition) is 7. The van der Waals surface area contributed by atoms with Crippen LogP contribution in [0.5, 0.6) is 0 Å². The van der Waals surface area contributed by atoms with Gasteiger partial charge in [-0.2, -0.15) is 4.98 Å². The lowest BCUT2D eigenvalue weighted by Crippen LogP contribution is -2.42. The van der Waals surface area contributed by atoms with E-state index < -0.39 is 6.09 Å². The van der Waals surface area contributed by atoms with E-state index in [1.54, 1.807) is 14.0 Å². The second-order valence-electron chi connectivity index (χ2n) is 7.13. The Balaban J connectivity index is 1.55. The summed E-state index contributed by atoms with van der Waals surface area (Å²) >= 11 is 0. The van der Waals surface area contributed by atoms with Crippen LogP contribution in [0, 0.1) is 6.92 Å². The third-order valence-electron chi connectivity index (χ3n) is 4.90. The Kier molecular flexibility index (Phi) is 6.82. The van der Waals surface area contributed by atoms with Gasteiger partial charge in [-0.25, -0.2) is 4.79 Å². The molecule has 0 atom stereocenters. The number of nitrogens with zero attached hydrogens (tertiary/aromatic N) is 4. The smallest absolute Gasteiger partial charge is 0.414 e. The molecule has 1 aromatic carbocycles. The summed E-state index contributed by atoms with van der Waals surface area (Å²) in [5.41, 5.74) is 1.33. The first-order valence-corrected chi connectivity index (χ1v) is 9.75. The Morgan fingerprint density at radius 2 is 2.03 bits per heavy atom. The Morgan fingerprint density at radius 1 is 1.31 bits per heavy atom. The van der Waals surface area contributed by atoms with Gasteiger partial charge in [0, 0.05) is 40.2 Å². The molecule has 1 aromatic heterocycles. The van der Waals surface area contributed by atoms with E-state index in [-0.39, 0.29) is 12.0 Å². The van der Waals surface area contributed by atoms with Crippen molar-refractivity contribution >= 4 is 17.7 Å². The second-order valence-corrected chi connectivity index (χ2v) is 7.13. The number of hydrogen-bond donors (Lipinski definition) is 1. The molecular weight excluding hydrogens is 374 g/mol. The molecule has 29 heavy (non-hydrogen) atoms. The van der Waals surface area contributed by atoms with Crippen LogP contribution in [0.3, 0.4) is 0 Å². The molecule has 0 saturated carbocycles. The van der Waals surface area contributed by atoms with Gasteiger partial charge in [0.2, 0.25) is 5.91 Å². The summed E-state index contributed by atoms with van der Waals surface area (Å²) in [6.45, 7) is 6.36. The van der Waals surface area contributed by atoms with Crippen molar-refractivity contribution in [3.8, 4) is 11.5 Å². The Bertz CT molecular complexity index is 845. The van der Waals surface area contributed by atoms with Gasteiger partial charge in [0.15, 0.2) is 5.82 Å². The van der Waals surface area contributed by atoms with Crippen LogP contribution in [0.25, 0.3) is 11.5 Å². The van der Waals surface area contributed by atoms with Crippen molar-refractivity contribution in [3.05, 3.63) is 30.1 Å². The highest BCUT2D eigenvalue weighted by atomic mass is 16.6. The van der Waals surface area contributed by atoms with Crippen molar-refractivity contribution in [1.82, 2.24) is 20.4 Å². The second kappa shape index (κ2) is 9.51. The van der Waals surface area contributed by atoms with Crippen LogP contribution in [0.15, 0.2) is 28.8 Å². The molecule has 0 aliphatic carbocycles. The maximum atomic E-state index is 12.7. The van der Waals surface area contributed by atoms with Crippen LogP contribution in [0.1, 0.15) is 25.6 Å². The number of carbonyl (C=O) groups is 2. The lowest BCUT2D eigenvalue weighted by Gasteiger charge is -2.32. The van der Waals surface area contributed by atoms with E-state index in [4.69, 9.17) is 9.26 Å². The third kappa shape index (κ3) is 5.54. The molecule has 2 aromatic rings. The molecule has 0 bridgehead atoms. The Hall–Kier alpha value is -2.94. The molecule has 1 saturated heterocycles. The molecule has 2 amide bonds. The largest absolute Gasteiger partial charge is 0.446 e. The van der Waals surface area contributed by atoms with Gasteiger partial charge in [-0.1, -0.05) is 17.3 Å². The summed E-state index contributed by atoms with van der Waals surface area (Å²) in [5.74, 6) is 0.878. The number of benzene rings is 1. The number of nitrogens with one attached hydrogen (secondary N) is 1. The summed E-state index contributed by atoms with van der Waals surface area (Å²) in [6.07, 6.45) is 0.999. The van der Waals surface area contributed by atoms with Gasteiger partial charge in [0.05, 0.1) is 11.3 Å². The molecule has 1 N–H and O–H groups in total. The summed E-state index contributed by atoms with van der Waals surface area (Å²) in [5, 5.41) is 6.62. The van der Waals surface area contributed by atoms with E-state index in [0.29, 0.717) is 29.5 Å². The van der Waals surface area contributed by atoms with Crippen molar-refractivity contribution in [2.24, 2.45) is 0 Å². The van der Waals surface area contributed by atoms with Crippen molar-refractivity contribution < 1.29 is 18.8 Å². The molecular formula is C20H27N5O4. The van der Waals surface area contributed by atoms with Crippen LogP contribution in [0.2, 0.25) is 0 Å². The van der Waals surface area contributed by atoms with E-state index in [1.165, 1.54) is 11.8 Å². The van der Waals surface area contributed by atoms with Crippen molar-refractivity contribution in [1.29, 1.82) is 0 Å². The molecule has 9 heteroatoms. The number of likely N-dealkylation sites (tertiary alicyclic amines) is 1. The molecule has 1 aliphatic heterocycles. The van der Waals surface area contributed by atoms with Crippen LogP contribution in [-0.4, -0.2) is 66.4 Å². The summed E-state index contributed by atoms with van der Waals surface area (Å²) < 4.78 is 11.0. The molecule has 9 nitrogen and oxygen atoms in total. The lowest BCUT2D eigenvalue weighted by molar-refractivity contribution is -0.119. The average Bonchev–Trinajstić information content (AvgIpc) is 3.14. The minimum Gasteiger partial charge on any atom is -0.446 e. The normalized spacial score (nSPS) is 15.1. The highest BCUT2D eigenvalue weighted by Gasteiger charge is 2.25. The van der Waals surface area contributed by atoms with Crippen molar-refractivity contribution in [3.63, 3.8) is 0 Å². The van der Waals surface area contributed by atoms with E-state index in [1.807, 2.05) is 24.3 Å². The lowest BCUT2D eigenvalue weighted by atomic mass is 10.1. The number of piperidine rings is 1. The monoisotopic (exact) mass is 401 g/mol. The summed E-state index contributed by atoms with van der Waals surface area (Å²) in [4.78, 5) is 31.6. The minimum absolute atomic E-state index is 0.0205. The number of ether oxygens (including phenoxy) is 1. The standard InChI is InChI=1S/C20H27N5O4/c1-14-22-19(29-23-14)17-6-4-5-7-18(17)24(3)20(27)28-16-8-11-25(12-9-16)13-10-21-15(2)26/h4-7,16H,8-13H2,1-3H3,(H,21,26). The topological polar surface area (TPSA) is 101 Å². The quantitative estimate of drug-likeness (QED) is 0.792. The first-order valence-electron chi connectivity index (χ1n) is 9.75. The van der Waals surface area contributed by atoms with E-state index in [0.717, 1.165) is 32.5 Å². The molecule has 2 heterocycles. The number of carbonyl (C=O) groups excluding carboxylic acids is 2. The van der Waals surface area contributed by atoms with Gasteiger partial charge in [-0.05, 0) is 31.9 Å². The Morgan fingerprint density at radius 3 is 2.69 bits per heavy atom. The van der Waals surface area contributed by atoms with Gasteiger partial charge in [-0.15, -0.1) is 0 Å². The third-order valence-corrected chi connectivity index (χ3v) is 4.90. The highest BCUT2D eigenvalue weighted by molar-refractivity contribution is 5.92. The maximum absolute atomic E-state index is 12.7. The van der Waals surface area contributed by atoms with Crippen LogP contribution < -0.4 is 10.2 Å². The molecule has 0 spiro atoms. The zero-order valence-corrected chi connectivity index (χ0v) is 17.1. The first-order chi connectivity index (χ1) is 13.9. The van der Waals surface area contributed by atoms with E-state index in [9.17, 15) is 9.59 Å². The van der Waals surface area contributed by atoms with Gasteiger partial charge in [-0.3, -0.25) is 9.69 Å². The van der Waals surface area contributed by atoms with Gasteiger partial charge in [0.1, 0.15) is 6.10 Å². The fourth-order valence-corrected chi connectivity index (χ4v) is 3.31. The predicted molar refractivity (Wildman–Crippen MR) is 108 cm³/mol. The number of rotatable bonds is 6. The SMILES string of the molecule is CC(=O)NCCN1CCC(OC(=O)N(C)c2ccccc2-c2nc(C)no2)CC1. The molecule has 156 valence electrons. The Labute approximate surface area is 170 Å². The van der Waals surface area contributed by atoms with Gasteiger partial charge >= 0.3 is 6.09 Å². The molecule has 1 fully saturated rings. The maximum Gasteiger partial charge on any atom is 0.414 e. The molecule has 1 aliphatic rings. The highest BCUT2D eigenvalue weighted by Crippen LogP contribution is 2.29. The zero-order chi connectivity index (χ0) is 20.8. The number of aromatic nitrogens is 2. The number of amides is 2. The minimum atomic E-state index is -0.412. The van der Waals surface area contributed by atoms with Gasteiger partial charge < -0.3 is 19.5 Å². The number of para-hydroxylation sites is 1. The fraction of sp³-hybridized carbons (Fsp3) is 0.500. The molecule has 3 rings (SSSR count). The predicted octanol–water partition coefficient (Wildman–Crippen LogP) is 2.22. The van der Waals surface area contributed by atoms with E-state index in [2.05, 4.69) is 20.4 Å². The molecule has 0 radical (unpaired) electrons.